The van der Waals surface area contributed by atoms with Crippen LogP contribution in [-0.4, -0.2) is 9.52 Å². The molecule has 0 atom stereocenters. The zero-order valence-electron chi connectivity index (χ0n) is 36.8. The molecule has 0 saturated heterocycles. The molecule has 0 bridgehead atoms. The average molecular weight is 923 g/mol. The van der Waals surface area contributed by atoms with Crippen LogP contribution in [-0.2, 0) is 33.7 Å². The first-order valence-corrected chi connectivity index (χ1v) is 29.8. The van der Waals surface area contributed by atoms with Crippen LogP contribution in [0, 0.1) is 0 Å². The molecular formula is C56H60Cl2SiZr. The summed E-state index contributed by atoms with van der Waals surface area (Å²) in [5.74, 6) is 0.968. The van der Waals surface area contributed by atoms with Crippen molar-refractivity contribution in [3.8, 4) is 44.5 Å². The zero-order chi connectivity index (χ0) is 43.0. The van der Waals surface area contributed by atoms with E-state index < -0.39 is 20.8 Å². The van der Waals surface area contributed by atoms with Crippen molar-refractivity contribution in [3.05, 3.63) is 180 Å². The molecule has 8 aromatic carbocycles. The van der Waals surface area contributed by atoms with Gasteiger partial charge in [0.15, 0.2) is 0 Å². The predicted octanol–water partition coefficient (Wildman–Crippen LogP) is 18.1. The van der Waals surface area contributed by atoms with E-state index in [0.29, 0.717) is 11.8 Å². The molecule has 0 aliphatic rings. The van der Waals surface area contributed by atoms with Crippen molar-refractivity contribution in [2.24, 2.45) is 0 Å². The number of fused-ring (bicyclic) bond motifs is 2. The molecule has 2 radical (unpaired) electrons. The Balaban J connectivity index is 0.000000201. The minimum atomic E-state index is -0.826. The van der Waals surface area contributed by atoms with Gasteiger partial charge in [-0.1, -0.05) is 199 Å². The van der Waals surface area contributed by atoms with E-state index >= 15 is 0 Å². The first-order chi connectivity index (χ1) is 29.2. The monoisotopic (exact) mass is 920 g/mol. The van der Waals surface area contributed by atoms with Crippen LogP contribution < -0.4 is 0 Å². The van der Waals surface area contributed by atoms with Crippen LogP contribution in [0.2, 0.25) is 13.1 Å². The molecule has 0 spiro atoms. The Kier molecular flexibility index (Phi) is 18.9. The van der Waals surface area contributed by atoms with Crippen LogP contribution in [0.15, 0.2) is 158 Å². The molecule has 0 N–H and O–H groups in total. The van der Waals surface area contributed by atoms with E-state index in [0.717, 1.165) is 22.4 Å². The van der Waals surface area contributed by atoms with Gasteiger partial charge in [0.05, 0.1) is 0 Å². The molecule has 4 heteroatoms. The maximum absolute atomic E-state index is 4.93. The summed E-state index contributed by atoms with van der Waals surface area (Å²) in [5.41, 5.74) is 16.4. The molecule has 0 unspecified atom stereocenters. The molecule has 0 nitrogen and oxygen atoms in total. The van der Waals surface area contributed by atoms with Gasteiger partial charge in [0, 0.05) is 9.52 Å². The van der Waals surface area contributed by atoms with Gasteiger partial charge in [-0.05, 0) is 58.1 Å². The van der Waals surface area contributed by atoms with Crippen LogP contribution in [0.1, 0.15) is 88.5 Å². The van der Waals surface area contributed by atoms with E-state index in [-0.39, 0.29) is 0 Å². The van der Waals surface area contributed by atoms with Gasteiger partial charge in [-0.25, -0.2) is 0 Å². The van der Waals surface area contributed by atoms with Gasteiger partial charge in [-0.15, -0.1) is 69.1 Å². The fourth-order valence-electron chi connectivity index (χ4n) is 8.29. The molecular weight excluding hydrogens is 863 g/mol. The molecule has 0 amide bonds. The third kappa shape index (κ3) is 11.8. The number of halogens is 2. The van der Waals surface area contributed by atoms with Crippen LogP contribution in [0.4, 0.5) is 0 Å². The minimum absolute atomic E-state index is 0.484. The summed E-state index contributed by atoms with van der Waals surface area (Å²) >= 11 is -0.826. The van der Waals surface area contributed by atoms with Gasteiger partial charge in [0.1, 0.15) is 0 Å². The number of rotatable bonds is 10. The van der Waals surface area contributed by atoms with Gasteiger partial charge < -0.3 is 0 Å². The first-order valence-electron chi connectivity index (χ1n) is 21.5. The zero-order valence-corrected chi connectivity index (χ0v) is 41.7. The summed E-state index contributed by atoms with van der Waals surface area (Å²) in [6, 6.07) is 58.1. The topological polar surface area (TPSA) is 0 Å². The van der Waals surface area contributed by atoms with Crippen LogP contribution in [0.3, 0.4) is 0 Å². The van der Waals surface area contributed by atoms with Crippen molar-refractivity contribution >= 4 is 48.1 Å². The Labute approximate surface area is 382 Å². The molecule has 60 heavy (non-hydrogen) atoms. The fourth-order valence-corrected chi connectivity index (χ4v) is 8.29. The molecule has 0 saturated carbocycles. The van der Waals surface area contributed by atoms with Gasteiger partial charge in [-0.2, -0.15) is 12.1 Å². The van der Waals surface area contributed by atoms with E-state index in [1.54, 1.807) is 0 Å². The summed E-state index contributed by atoms with van der Waals surface area (Å²) in [7, 11) is 11.0. The van der Waals surface area contributed by atoms with E-state index in [2.05, 4.69) is 212 Å². The van der Waals surface area contributed by atoms with E-state index in [1.807, 2.05) is 0 Å². The van der Waals surface area contributed by atoms with Crippen molar-refractivity contribution in [1.82, 2.24) is 0 Å². The second-order valence-electron chi connectivity index (χ2n) is 16.0. The van der Waals surface area contributed by atoms with Crippen LogP contribution in [0.5, 0.6) is 0 Å². The number of hydrogen-bond acceptors (Lipinski definition) is 0. The third-order valence-electron chi connectivity index (χ3n) is 10.8. The second kappa shape index (κ2) is 24.0. The van der Waals surface area contributed by atoms with Gasteiger partial charge >= 0.3 is 37.9 Å². The van der Waals surface area contributed by atoms with Crippen LogP contribution >= 0.6 is 17.0 Å². The summed E-state index contributed by atoms with van der Waals surface area (Å²) < 4.78 is 0. The summed E-state index contributed by atoms with van der Waals surface area (Å²) in [6.07, 6.45) is 4.66. The summed E-state index contributed by atoms with van der Waals surface area (Å²) in [5, 5.41) is 5.52. The van der Waals surface area contributed by atoms with Gasteiger partial charge in [0.2, 0.25) is 0 Å². The second-order valence-corrected chi connectivity index (χ2v) is 20.7. The fraction of sp³-hybridized carbons (Fsp3) is 0.250. The van der Waals surface area contributed by atoms with Gasteiger partial charge in [-0.3, -0.25) is 0 Å². The van der Waals surface area contributed by atoms with E-state index in [9.17, 15) is 0 Å². The van der Waals surface area contributed by atoms with Crippen molar-refractivity contribution in [2.75, 3.05) is 0 Å². The maximum atomic E-state index is 4.93. The van der Waals surface area contributed by atoms with E-state index in [1.165, 1.54) is 101 Å². The van der Waals surface area contributed by atoms with Crippen molar-refractivity contribution in [2.45, 2.75) is 92.2 Å². The van der Waals surface area contributed by atoms with Crippen molar-refractivity contribution in [1.29, 1.82) is 0 Å². The van der Waals surface area contributed by atoms with Crippen molar-refractivity contribution in [3.63, 3.8) is 0 Å². The molecule has 0 aromatic heterocycles. The Morgan fingerprint density at radius 1 is 0.483 bits per heavy atom. The standard InChI is InChI=1S/2C27H27.C2H6Si.2ClH.Zr/c2*1-4-10-20-17-22-15-16-23(19(2)3)27(26(22)18-20)25-14-9-8-13-24(25)21-11-6-5-7-12-21;1-3-2;;;/h2*5-9,11-19H,4,10H2,1-3H3;1-2H3;2*1H;/q2*-1;;;;+4/p-2. The first kappa shape index (κ1) is 47.3. The predicted molar refractivity (Wildman–Crippen MR) is 266 cm³/mol. The summed E-state index contributed by atoms with van der Waals surface area (Å²) in [4.78, 5) is 0. The van der Waals surface area contributed by atoms with Crippen LogP contribution in [0.25, 0.3) is 66.1 Å². The molecule has 0 aliphatic heterocycles. The number of aryl methyl sites for hydroxylation is 2. The number of hydrogen-bond donors (Lipinski definition) is 0. The molecule has 306 valence electrons. The number of benzene rings is 6. The quantitative estimate of drug-likeness (QED) is 0.0947. The molecule has 0 fully saturated rings. The normalized spacial score (nSPS) is 10.7. The molecule has 0 aliphatic carbocycles. The molecule has 0 heterocycles. The Hall–Kier alpha value is -3.78. The average Bonchev–Trinajstić information content (AvgIpc) is 3.88. The van der Waals surface area contributed by atoms with E-state index in [4.69, 9.17) is 17.0 Å². The van der Waals surface area contributed by atoms with Gasteiger partial charge in [0.25, 0.3) is 0 Å². The van der Waals surface area contributed by atoms with Crippen molar-refractivity contribution < 1.29 is 20.8 Å². The SMILES string of the molecule is CCCc1cc2c(-c3ccccc3-c3ccccc3)c(C(C)C)ccc2[cH-]1.CCCc1cc2c(-c3ccccc3-c3ccccc3)c(C(C)C)ccc2[cH-]1.C[Si]C.[Cl][Zr+2][Cl]. The summed E-state index contributed by atoms with van der Waals surface area (Å²) in [6.45, 7) is 18.0. The molecule has 8 aromatic rings. The third-order valence-corrected chi connectivity index (χ3v) is 10.8. The Morgan fingerprint density at radius 2 is 0.800 bits per heavy atom. The Morgan fingerprint density at radius 3 is 1.12 bits per heavy atom. The molecule has 8 rings (SSSR count). The Bertz CT molecular complexity index is 2330.